The highest BCUT2D eigenvalue weighted by molar-refractivity contribution is 5.94. The second kappa shape index (κ2) is 5.32. The Morgan fingerprint density at radius 3 is 2.62 bits per heavy atom. The molecule has 0 aliphatic heterocycles. The van der Waals surface area contributed by atoms with E-state index in [1.54, 1.807) is 6.07 Å². The predicted molar refractivity (Wildman–Crippen MR) is 83.8 cm³/mol. The Morgan fingerprint density at radius 2 is 1.90 bits per heavy atom. The second-order valence-corrected chi connectivity index (χ2v) is 5.10. The van der Waals surface area contributed by atoms with Crippen LogP contribution in [0.25, 0.3) is 10.9 Å². The zero-order valence-electron chi connectivity index (χ0n) is 11.7. The summed E-state index contributed by atoms with van der Waals surface area (Å²) < 4.78 is 0. The number of rotatable bonds is 4. The summed E-state index contributed by atoms with van der Waals surface area (Å²) in [5, 5.41) is 9.92. The van der Waals surface area contributed by atoms with Gasteiger partial charge < -0.3 is 15.0 Å². The smallest absolute Gasteiger partial charge is 0.352 e. The molecule has 2 aromatic carbocycles. The summed E-state index contributed by atoms with van der Waals surface area (Å²) in [4.78, 5) is 16.0. The normalized spacial score (nSPS) is 10.7. The van der Waals surface area contributed by atoms with E-state index in [0.717, 1.165) is 23.1 Å². The van der Waals surface area contributed by atoms with E-state index < -0.39 is 5.97 Å². The fourth-order valence-corrected chi connectivity index (χ4v) is 2.42. The number of carboxylic acid groups (broad SMARTS) is 1. The lowest BCUT2D eigenvalue weighted by molar-refractivity contribution is 0.0691. The molecule has 1 aromatic heterocycles. The second-order valence-electron chi connectivity index (χ2n) is 5.10. The van der Waals surface area contributed by atoms with Gasteiger partial charge >= 0.3 is 5.97 Å². The first kappa shape index (κ1) is 13.2. The number of hydrogen-bond acceptors (Lipinski definition) is 2. The van der Waals surface area contributed by atoms with Crippen molar-refractivity contribution in [2.24, 2.45) is 0 Å². The molecule has 0 radical (unpaired) electrons. The molecule has 0 bridgehead atoms. The first-order valence-corrected chi connectivity index (χ1v) is 6.74. The third kappa shape index (κ3) is 2.74. The van der Waals surface area contributed by atoms with Crippen LogP contribution in [0.5, 0.6) is 0 Å². The van der Waals surface area contributed by atoms with Gasteiger partial charge in [-0.1, -0.05) is 30.3 Å². The van der Waals surface area contributed by atoms with Crippen LogP contribution in [0.3, 0.4) is 0 Å². The highest BCUT2D eigenvalue weighted by Gasteiger charge is 2.09. The van der Waals surface area contributed by atoms with Gasteiger partial charge in [0.1, 0.15) is 5.69 Å². The Bertz CT molecular complexity index is 778. The van der Waals surface area contributed by atoms with E-state index in [-0.39, 0.29) is 5.69 Å². The Hall–Kier alpha value is -2.75. The van der Waals surface area contributed by atoms with Gasteiger partial charge in [-0.3, -0.25) is 0 Å². The average Bonchev–Trinajstić information content (AvgIpc) is 2.91. The minimum Gasteiger partial charge on any atom is -0.477 e. The lowest BCUT2D eigenvalue weighted by atomic mass is 10.2. The largest absolute Gasteiger partial charge is 0.477 e. The first-order chi connectivity index (χ1) is 10.1. The van der Waals surface area contributed by atoms with E-state index in [4.69, 9.17) is 5.11 Å². The first-order valence-electron chi connectivity index (χ1n) is 6.74. The van der Waals surface area contributed by atoms with E-state index >= 15 is 0 Å². The molecule has 0 amide bonds. The van der Waals surface area contributed by atoms with Crippen LogP contribution in [0.2, 0.25) is 0 Å². The number of carbonyl (C=O) groups is 1. The van der Waals surface area contributed by atoms with Gasteiger partial charge in [-0.2, -0.15) is 0 Å². The molecule has 0 fully saturated rings. The van der Waals surface area contributed by atoms with Crippen molar-refractivity contribution >= 4 is 22.6 Å². The molecule has 4 heteroatoms. The molecule has 0 aliphatic carbocycles. The van der Waals surface area contributed by atoms with Gasteiger partial charge in [-0.05, 0) is 29.8 Å². The summed E-state index contributed by atoms with van der Waals surface area (Å²) in [5.41, 5.74) is 3.35. The molecular formula is C17H16N2O2. The molecule has 2 N–H and O–H groups in total. The van der Waals surface area contributed by atoms with Gasteiger partial charge in [0.25, 0.3) is 0 Å². The lowest BCUT2D eigenvalue weighted by Crippen LogP contribution is -2.15. The van der Waals surface area contributed by atoms with Crippen LogP contribution in [0.4, 0.5) is 5.69 Å². The predicted octanol–water partition coefficient (Wildman–Crippen LogP) is 3.50. The SMILES string of the molecule is CN(Cc1ccccc1)c1ccc2[nH]c(C(=O)O)cc2c1. The van der Waals surface area contributed by atoms with Gasteiger partial charge in [0.2, 0.25) is 0 Å². The number of fused-ring (bicyclic) bond motifs is 1. The minimum atomic E-state index is -0.939. The summed E-state index contributed by atoms with van der Waals surface area (Å²) in [6, 6.07) is 17.8. The number of anilines is 1. The fraction of sp³-hybridized carbons (Fsp3) is 0.118. The van der Waals surface area contributed by atoms with Crippen LogP contribution in [0, 0.1) is 0 Å². The van der Waals surface area contributed by atoms with Crippen molar-refractivity contribution < 1.29 is 9.90 Å². The zero-order chi connectivity index (χ0) is 14.8. The molecule has 0 unspecified atom stereocenters. The van der Waals surface area contributed by atoms with Gasteiger partial charge in [-0.15, -0.1) is 0 Å². The van der Waals surface area contributed by atoms with Crippen LogP contribution >= 0.6 is 0 Å². The van der Waals surface area contributed by atoms with Crippen molar-refractivity contribution in [3.63, 3.8) is 0 Å². The third-order valence-electron chi connectivity index (χ3n) is 3.54. The van der Waals surface area contributed by atoms with Crippen LogP contribution in [0.1, 0.15) is 16.1 Å². The molecule has 1 heterocycles. The van der Waals surface area contributed by atoms with Gasteiger partial charge in [-0.25, -0.2) is 4.79 Å². The number of nitrogens with zero attached hydrogens (tertiary/aromatic N) is 1. The van der Waals surface area contributed by atoms with Crippen molar-refractivity contribution in [3.05, 3.63) is 65.9 Å². The molecule has 0 saturated heterocycles. The highest BCUT2D eigenvalue weighted by Crippen LogP contribution is 2.23. The molecule has 3 aromatic rings. The summed E-state index contributed by atoms with van der Waals surface area (Å²) >= 11 is 0. The topological polar surface area (TPSA) is 56.3 Å². The molecule has 0 aliphatic rings. The third-order valence-corrected chi connectivity index (χ3v) is 3.54. The number of carboxylic acids is 1. The van der Waals surface area contributed by atoms with E-state index in [1.165, 1.54) is 5.56 Å². The average molecular weight is 280 g/mol. The molecule has 0 atom stereocenters. The number of aromatic nitrogens is 1. The van der Waals surface area contributed by atoms with Crippen LogP contribution in [-0.2, 0) is 6.54 Å². The molecular weight excluding hydrogens is 264 g/mol. The summed E-state index contributed by atoms with van der Waals surface area (Å²) in [5.74, 6) is -0.939. The van der Waals surface area contributed by atoms with Gasteiger partial charge in [0.15, 0.2) is 0 Å². The van der Waals surface area contributed by atoms with Gasteiger partial charge in [0.05, 0.1) is 0 Å². The van der Waals surface area contributed by atoms with Crippen molar-refractivity contribution in [3.8, 4) is 0 Å². The van der Waals surface area contributed by atoms with E-state index in [1.807, 2.05) is 43.4 Å². The molecule has 4 nitrogen and oxygen atoms in total. The zero-order valence-corrected chi connectivity index (χ0v) is 11.7. The van der Waals surface area contributed by atoms with Crippen LogP contribution in [0.15, 0.2) is 54.6 Å². The Kier molecular flexibility index (Phi) is 3.36. The number of hydrogen-bond donors (Lipinski definition) is 2. The Labute approximate surface area is 122 Å². The standard InChI is InChI=1S/C17H16N2O2/c1-19(11-12-5-3-2-4-6-12)14-7-8-15-13(9-14)10-16(18-15)17(20)21/h2-10,18H,11H2,1H3,(H,20,21). The summed E-state index contributed by atoms with van der Waals surface area (Å²) in [6.45, 7) is 0.808. The van der Waals surface area contributed by atoms with Crippen LogP contribution in [-0.4, -0.2) is 23.1 Å². The molecule has 106 valence electrons. The summed E-state index contributed by atoms with van der Waals surface area (Å²) in [7, 11) is 2.03. The number of aromatic carboxylic acids is 1. The maximum atomic E-state index is 11.0. The quantitative estimate of drug-likeness (QED) is 0.769. The molecule has 0 spiro atoms. The maximum absolute atomic E-state index is 11.0. The van der Waals surface area contributed by atoms with E-state index in [2.05, 4.69) is 22.0 Å². The van der Waals surface area contributed by atoms with E-state index in [9.17, 15) is 4.79 Å². The maximum Gasteiger partial charge on any atom is 0.352 e. The highest BCUT2D eigenvalue weighted by atomic mass is 16.4. The number of H-pyrrole nitrogens is 1. The van der Waals surface area contributed by atoms with Gasteiger partial charge in [0, 0.05) is 30.2 Å². The molecule has 21 heavy (non-hydrogen) atoms. The monoisotopic (exact) mass is 280 g/mol. The number of aromatic amines is 1. The molecule has 3 rings (SSSR count). The van der Waals surface area contributed by atoms with Crippen molar-refractivity contribution in [1.29, 1.82) is 0 Å². The van der Waals surface area contributed by atoms with Crippen molar-refractivity contribution in [2.45, 2.75) is 6.54 Å². The lowest BCUT2D eigenvalue weighted by Gasteiger charge is -2.19. The van der Waals surface area contributed by atoms with Crippen LogP contribution < -0.4 is 4.90 Å². The summed E-state index contributed by atoms with van der Waals surface area (Å²) in [6.07, 6.45) is 0. The Morgan fingerprint density at radius 1 is 1.14 bits per heavy atom. The minimum absolute atomic E-state index is 0.216. The number of nitrogens with one attached hydrogen (secondary N) is 1. The van der Waals surface area contributed by atoms with Crippen molar-refractivity contribution in [2.75, 3.05) is 11.9 Å². The Balaban J connectivity index is 1.88. The van der Waals surface area contributed by atoms with Crippen molar-refractivity contribution in [1.82, 2.24) is 4.98 Å². The molecule has 0 saturated carbocycles. The number of benzene rings is 2. The van der Waals surface area contributed by atoms with E-state index in [0.29, 0.717) is 0 Å². The fourth-order valence-electron chi connectivity index (χ4n) is 2.42.